The van der Waals surface area contributed by atoms with Gasteiger partial charge < -0.3 is 20.3 Å². The third-order valence-electron chi connectivity index (χ3n) is 2.26. The molecule has 0 aliphatic carbocycles. The van der Waals surface area contributed by atoms with Gasteiger partial charge in [0.15, 0.2) is 4.77 Å². The van der Waals surface area contributed by atoms with Crippen molar-refractivity contribution in [2.75, 3.05) is 0 Å². The number of hydrogen-bond acceptors (Lipinski definition) is 6. The monoisotopic (exact) mass is 301 g/mol. The van der Waals surface area contributed by atoms with Crippen molar-refractivity contribution in [1.82, 2.24) is 9.97 Å². The summed E-state index contributed by atoms with van der Waals surface area (Å²) < 4.78 is -0.0923. The fourth-order valence-corrected chi connectivity index (χ4v) is 1.48. The van der Waals surface area contributed by atoms with E-state index in [1.165, 1.54) is 0 Å². The van der Waals surface area contributed by atoms with Crippen LogP contribution in [0.5, 0.6) is 5.88 Å². The van der Waals surface area contributed by atoms with Gasteiger partial charge in [0, 0.05) is 12.6 Å². The van der Waals surface area contributed by atoms with E-state index in [9.17, 15) is 19.5 Å². The first kappa shape index (κ1) is 15.6. The Morgan fingerprint density at radius 1 is 1.35 bits per heavy atom. The number of hydrogen-bond donors (Lipinski definition) is 5. The Labute approximate surface area is 116 Å². The number of carbonyl (C=O) groups is 2. The second-order valence-corrected chi connectivity index (χ2v) is 4.14. The fourth-order valence-electron chi connectivity index (χ4n) is 1.29. The summed E-state index contributed by atoms with van der Waals surface area (Å²) in [6.45, 7) is 0. The SMILES string of the molecule is O=C(O)CC[C@H](N=Cc1c(O)[nH]c(=S)[nH]c1=O)C(=O)O. The third-order valence-corrected chi connectivity index (χ3v) is 2.46. The summed E-state index contributed by atoms with van der Waals surface area (Å²) in [7, 11) is 0. The number of carboxylic acid groups (broad SMARTS) is 2. The Kier molecular flexibility index (Phi) is 5.15. The first-order chi connectivity index (χ1) is 9.31. The second kappa shape index (κ2) is 6.61. The molecule has 1 atom stereocenters. The van der Waals surface area contributed by atoms with E-state index in [0.717, 1.165) is 6.21 Å². The van der Waals surface area contributed by atoms with E-state index in [0.29, 0.717) is 0 Å². The molecule has 0 saturated heterocycles. The second-order valence-electron chi connectivity index (χ2n) is 3.74. The highest BCUT2D eigenvalue weighted by molar-refractivity contribution is 7.71. The molecule has 20 heavy (non-hydrogen) atoms. The van der Waals surface area contributed by atoms with Gasteiger partial charge in [0.1, 0.15) is 11.6 Å². The highest BCUT2D eigenvalue weighted by Gasteiger charge is 2.17. The molecule has 0 amide bonds. The number of carboxylic acids is 2. The Balaban J connectivity index is 2.99. The molecule has 0 aromatic carbocycles. The summed E-state index contributed by atoms with van der Waals surface area (Å²) in [5, 5.41) is 26.8. The predicted octanol–water partition coefficient (Wildman–Crippen LogP) is -0.125. The summed E-state index contributed by atoms with van der Waals surface area (Å²) in [4.78, 5) is 40.8. The molecule has 0 unspecified atom stereocenters. The van der Waals surface area contributed by atoms with E-state index in [2.05, 4.69) is 27.2 Å². The molecular weight excluding hydrogens is 290 g/mol. The lowest BCUT2D eigenvalue weighted by Crippen LogP contribution is -2.21. The normalized spacial score (nSPS) is 12.4. The molecule has 0 radical (unpaired) electrons. The van der Waals surface area contributed by atoms with Crippen LogP contribution in [-0.2, 0) is 9.59 Å². The molecule has 1 heterocycles. The maximum Gasteiger partial charge on any atom is 0.328 e. The van der Waals surface area contributed by atoms with E-state index >= 15 is 0 Å². The van der Waals surface area contributed by atoms with Gasteiger partial charge in [-0.2, -0.15) is 0 Å². The van der Waals surface area contributed by atoms with E-state index < -0.39 is 29.4 Å². The predicted molar refractivity (Wildman–Crippen MR) is 69.8 cm³/mol. The molecule has 5 N–H and O–H groups in total. The van der Waals surface area contributed by atoms with Gasteiger partial charge in [0.2, 0.25) is 5.88 Å². The van der Waals surface area contributed by atoms with E-state index in [1.54, 1.807) is 0 Å². The Morgan fingerprint density at radius 2 is 2.00 bits per heavy atom. The number of H-pyrrole nitrogens is 2. The number of aliphatic carboxylic acids is 2. The average Bonchev–Trinajstić information content (AvgIpc) is 2.30. The van der Waals surface area contributed by atoms with Crippen molar-refractivity contribution in [3.8, 4) is 5.88 Å². The molecule has 0 spiro atoms. The molecule has 0 aliphatic heterocycles. The van der Waals surface area contributed by atoms with Crippen LogP contribution in [0.15, 0.2) is 9.79 Å². The van der Waals surface area contributed by atoms with Crippen molar-refractivity contribution in [3.63, 3.8) is 0 Å². The molecule has 1 rings (SSSR count). The minimum Gasteiger partial charge on any atom is -0.494 e. The van der Waals surface area contributed by atoms with Crippen LogP contribution in [0.4, 0.5) is 0 Å². The van der Waals surface area contributed by atoms with Crippen LogP contribution in [0.2, 0.25) is 0 Å². The van der Waals surface area contributed by atoms with Gasteiger partial charge in [0.05, 0.1) is 0 Å². The van der Waals surface area contributed by atoms with Crippen molar-refractivity contribution >= 4 is 30.4 Å². The van der Waals surface area contributed by atoms with Crippen LogP contribution < -0.4 is 5.56 Å². The van der Waals surface area contributed by atoms with Crippen molar-refractivity contribution in [3.05, 3.63) is 20.7 Å². The van der Waals surface area contributed by atoms with Crippen LogP contribution in [-0.4, -0.2) is 49.5 Å². The zero-order chi connectivity index (χ0) is 15.3. The number of aromatic nitrogens is 2. The molecular formula is C10H11N3O6S. The summed E-state index contributed by atoms with van der Waals surface area (Å²) in [6.07, 6.45) is 0.247. The van der Waals surface area contributed by atoms with E-state index in [-0.39, 0.29) is 23.2 Å². The number of aliphatic imine (C=N–C) groups is 1. The van der Waals surface area contributed by atoms with Crippen LogP contribution in [0, 0.1) is 4.77 Å². The minimum absolute atomic E-state index is 0.0923. The molecule has 10 heteroatoms. The molecule has 0 bridgehead atoms. The number of aromatic amines is 2. The molecule has 0 aliphatic rings. The lowest BCUT2D eigenvalue weighted by atomic mass is 10.1. The summed E-state index contributed by atoms with van der Waals surface area (Å²) in [5.41, 5.74) is -1.03. The standard InChI is InChI=1S/C10H11N3O6S/c14-6(15)2-1-5(9(18)19)11-3-4-7(16)12-10(20)13-8(4)17/h3,5H,1-2H2,(H,14,15)(H,18,19)(H3,12,13,16,17,20)/t5-/m0/s1. The zero-order valence-electron chi connectivity index (χ0n) is 9.99. The molecule has 1 aromatic rings. The Hall–Kier alpha value is -2.49. The van der Waals surface area contributed by atoms with Crippen molar-refractivity contribution in [2.24, 2.45) is 4.99 Å². The van der Waals surface area contributed by atoms with Gasteiger partial charge in [-0.05, 0) is 18.6 Å². The minimum atomic E-state index is -1.33. The third kappa shape index (κ3) is 4.31. The van der Waals surface area contributed by atoms with Crippen LogP contribution >= 0.6 is 12.2 Å². The summed E-state index contributed by atoms with van der Waals surface area (Å²) in [6, 6.07) is -1.33. The number of rotatable bonds is 6. The number of nitrogens with zero attached hydrogens (tertiary/aromatic N) is 1. The van der Waals surface area contributed by atoms with Crippen LogP contribution in [0.1, 0.15) is 18.4 Å². The maximum atomic E-state index is 11.5. The van der Waals surface area contributed by atoms with Gasteiger partial charge in [-0.3, -0.25) is 19.6 Å². The molecule has 108 valence electrons. The molecule has 9 nitrogen and oxygen atoms in total. The van der Waals surface area contributed by atoms with Gasteiger partial charge >= 0.3 is 11.9 Å². The summed E-state index contributed by atoms with van der Waals surface area (Å²) in [5.74, 6) is -3.04. The quantitative estimate of drug-likeness (QED) is 0.362. The van der Waals surface area contributed by atoms with Crippen LogP contribution in [0.25, 0.3) is 0 Å². The first-order valence-electron chi connectivity index (χ1n) is 5.34. The fraction of sp³-hybridized carbons (Fsp3) is 0.300. The van der Waals surface area contributed by atoms with Crippen molar-refractivity contribution in [2.45, 2.75) is 18.9 Å². The lowest BCUT2D eigenvalue weighted by molar-refractivity contribution is -0.139. The lowest BCUT2D eigenvalue weighted by Gasteiger charge is -2.05. The molecule has 0 fully saturated rings. The highest BCUT2D eigenvalue weighted by Crippen LogP contribution is 2.07. The van der Waals surface area contributed by atoms with Gasteiger partial charge in [0.25, 0.3) is 5.56 Å². The Morgan fingerprint density at radius 3 is 2.50 bits per heavy atom. The number of nitrogens with one attached hydrogen (secondary N) is 2. The molecule has 1 aromatic heterocycles. The highest BCUT2D eigenvalue weighted by atomic mass is 32.1. The molecule has 0 saturated carbocycles. The zero-order valence-corrected chi connectivity index (χ0v) is 10.8. The van der Waals surface area contributed by atoms with Crippen LogP contribution in [0.3, 0.4) is 0 Å². The van der Waals surface area contributed by atoms with Gasteiger partial charge in [-0.25, -0.2) is 4.79 Å². The largest absolute Gasteiger partial charge is 0.494 e. The smallest absolute Gasteiger partial charge is 0.328 e. The van der Waals surface area contributed by atoms with Crippen molar-refractivity contribution < 1.29 is 24.9 Å². The number of aromatic hydroxyl groups is 1. The van der Waals surface area contributed by atoms with Crippen molar-refractivity contribution in [1.29, 1.82) is 0 Å². The topological polar surface area (TPSA) is 156 Å². The van der Waals surface area contributed by atoms with E-state index in [1.807, 2.05) is 0 Å². The van der Waals surface area contributed by atoms with Gasteiger partial charge in [-0.1, -0.05) is 0 Å². The van der Waals surface area contributed by atoms with E-state index in [4.69, 9.17) is 10.2 Å². The Bertz CT molecular complexity index is 662. The first-order valence-corrected chi connectivity index (χ1v) is 5.75. The maximum absolute atomic E-state index is 11.5. The average molecular weight is 301 g/mol. The van der Waals surface area contributed by atoms with Gasteiger partial charge in [-0.15, -0.1) is 0 Å². The summed E-state index contributed by atoms with van der Waals surface area (Å²) >= 11 is 4.62.